The fourth-order valence-corrected chi connectivity index (χ4v) is 3.00. The lowest BCUT2D eigenvalue weighted by Gasteiger charge is -2.24. The third-order valence-electron chi connectivity index (χ3n) is 2.88. The molecule has 5 N–H and O–H groups in total. The van der Waals surface area contributed by atoms with E-state index in [-0.39, 0.29) is 10.7 Å². The molecular weight excluding hydrogens is 265 g/mol. The predicted octanol–water partition coefficient (Wildman–Crippen LogP) is -0.617. The Labute approximate surface area is 114 Å². The lowest BCUT2D eigenvalue weighted by Crippen LogP contribution is -2.96. The molecule has 2 aliphatic heterocycles. The molecule has 6 nitrogen and oxygen atoms in total. The minimum absolute atomic E-state index is 0.156. The number of rotatable bonds is 3. The lowest BCUT2D eigenvalue weighted by atomic mass is 9.84. The number of para-hydroxylation sites is 1. The highest BCUT2D eigenvalue weighted by molar-refractivity contribution is 8.04. The molecular formula is C11H12BN3O3S+. The molecule has 1 atom stereocenters. The Morgan fingerprint density at radius 3 is 3.21 bits per heavy atom. The average Bonchev–Trinajstić information content (AvgIpc) is 2.90. The number of carboxylic acid groups (broad SMARTS) is 1. The number of aromatic carboxylic acids is 1. The van der Waals surface area contributed by atoms with Gasteiger partial charge in [-0.3, -0.25) is 0 Å². The van der Waals surface area contributed by atoms with E-state index in [1.54, 1.807) is 36.9 Å². The molecule has 0 amide bonds. The van der Waals surface area contributed by atoms with Crippen LogP contribution < -0.4 is 21.0 Å². The Balaban J connectivity index is 1.77. The third kappa shape index (κ3) is 2.49. The Morgan fingerprint density at radius 1 is 1.58 bits per heavy atom. The summed E-state index contributed by atoms with van der Waals surface area (Å²) < 4.78 is 5.53. The molecule has 0 aromatic heterocycles. The van der Waals surface area contributed by atoms with Gasteiger partial charge in [0.25, 0.3) is 0 Å². The zero-order valence-electron chi connectivity index (χ0n) is 9.92. The monoisotopic (exact) mass is 277 g/mol. The molecule has 0 fully saturated rings. The quantitative estimate of drug-likeness (QED) is 0.435. The highest BCUT2D eigenvalue weighted by Gasteiger charge is 2.28. The maximum atomic E-state index is 11.1. The van der Waals surface area contributed by atoms with E-state index in [4.69, 9.17) is 9.76 Å². The number of nitrogens with two attached hydrogens (primary N) is 1. The van der Waals surface area contributed by atoms with Gasteiger partial charge in [-0.2, -0.15) is 0 Å². The molecule has 1 aromatic rings. The van der Waals surface area contributed by atoms with Crippen molar-refractivity contribution in [3.05, 3.63) is 40.6 Å². The molecule has 19 heavy (non-hydrogen) atoms. The second-order valence-corrected chi connectivity index (χ2v) is 5.46. The summed E-state index contributed by atoms with van der Waals surface area (Å²) in [6.45, 7) is 0. The molecule has 3 rings (SSSR count). The summed E-state index contributed by atoms with van der Waals surface area (Å²) in [5.41, 5.74) is 8.92. The van der Waals surface area contributed by atoms with Gasteiger partial charge >= 0.3 is 13.5 Å². The first-order valence-corrected chi connectivity index (χ1v) is 6.68. The number of nitrogens with one attached hydrogen (secondary N) is 2. The first-order valence-electron chi connectivity index (χ1n) is 5.80. The van der Waals surface area contributed by atoms with Crippen LogP contribution in [0.4, 0.5) is 0 Å². The SMILES string of the molecule is O=C(O)c1cccc2c1O[B]C(SC1=CN[NH2+]N1)C2. The van der Waals surface area contributed by atoms with Crippen molar-refractivity contribution in [3.63, 3.8) is 0 Å². The highest BCUT2D eigenvalue weighted by Crippen LogP contribution is 2.33. The number of carboxylic acids is 1. The van der Waals surface area contributed by atoms with Gasteiger partial charge in [-0.25, -0.2) is 15.6 Å². The summed E-state index contributed by atoms with van der Waals surface area (Å²) in [4.78, 5) is 11.1. The number of carbonyl (C=O) groups is 1. The van der Waals surface area contributed by atoms with E-state index in [9.17, 15) is 4.79 Å². The van der Waals surface area contributed by atoms with Crippen LogP contribution in [0.15, 0.2) is 29.4 Å². The van der Waals surface area contributed by atoms with E-state index in [0.717, 1.165) is 17.0 Å². The molecule has 0 spiro atoms. The fraction of sp³-hybridized carbons (Fsp3) is 0.182. The van der Waals surface area contributed by atoms with Crippen molar-refractivity contribution in [2.45, 2.75) is 11.6 Å². The molecule has 0 aliphatic carbocycles. The summed E-state index contributed by atoms with van der Waals surface area (Å²) in [5.74, 6) is -0.500. The molecule has 2 aliphatic rings. The van der Waals surface area contributed by atoms with Crippen molar-refractivity contribution in [3.8, 4) is 5.75 Å². The molecule has 97 valence electrons. The summed E-state index contributed by atoms with van der Waals surface area (Å²) in [6, 6.07) is 5.21. The second kappa shape index (κ2) is 5.06. The highest BCUT2D eigenvalue weighted by atomic mass is 32.2. The number of quaternary nitrogens is 1. The number of hydrogen-bond acceptors (Lipinski definition) is 5. The molecule has 1 unspecified atom stereocenters. The fourth-order valence-electron chi connectivity index (χ4n) is 2.03. The topological polar surface area (TPSA) is 87.2 Å². The van der Waals surface area contributed by atoms with Gasteiger partial charge < -0.3 is 9.76 Å². The van der Waals surface area contributed by atoms with Gasteiger partial charge in [0.05, 0.1) is 11.8 Å². The molecule has 0 saturated carbocycles. The standard InChI is InChI=1S/C11H11BN3O3S/c16-11(17)7-3-1-2-6-4-8(12-18-10(6)7)19-9-5-13-15-14-9/h1-3,5,8,13-15H,4H2,(H,16,17)/p+1. The van der Waals surface area contributed by atoms with Gasteiger partial charge in [-0.05, 0) is 18.1 Å². The van der Waals surface area contributed by atoms with E-state index in [1.165, 1.54) is 0 Å². The Bertz CT molecular complexity index is 552. The van der Waals surface area contributed by atoms with Crippen LogP contribution in [0.3, 0.4) is 0 Å². The van der Waals surface area contributed by atoms with Gasteiger partial charge in [-0.1, -0.05) is 12.1 Å². The summed E-state index contributed by atoms with van der Waals surface area (Å²) in [5, 5.41) is 10.3. The Hall–Kier alpha value is -1.80. The van der Waals surface area contributed by atoms with E-state index in [1.807, 2.05) is 12.3 Å². The van der Waals surface area contributed by atoms with Gasteiger partial charge in [-0.15, -0.1) is 17.3 Å². The summed E-state index contributed by atoms with van der Waals surface area (Å²) in [7, 11) is 1.69. The largest absolute Gasteiger partial charge is 0.561 e. The minimum Gasteiger partial charge on any atom is -0.561 e. The maximum Gasteiger partial charge on any atom is 0.384 e. The van der Waals surface area contributed by atoms with E-state index in [2.05, 4.69) is 10.9 Å². The van der Waals surface area contributed by atoms with Crippen LogP contribution in [-0.2, 0) is 6.42 Å². The number of thioether (sulfide) groups is 1. The molecule has 1 aromatic carbocycles. The van der Waals surface area contributed by atoms with E-state index < -0.39 is 5.97 Å². The summed E-state index contributed by atoms with van der Waals surface area (Å²) in [6.07, 6.45) is 2.63. The van der Waals surface area contributed by atoms with Gasteiger partial charge in [0.2, 0.25) is 0 Å². The minimum atomic E-state index is -0.963. The Morgan fingerprint density at radius 2 is 2.47 bits per heavy atom. The van der Waals surface area contributed by atoms with Crippen LogP contribution in [-0.4, -0.2) is 23.7 Å². The predicted molar refractivity (Wildman–Crippen MR) is 71.1 cm³/mol. The van der Waals surface area contributed by atoms with Crippen LogP contribution in [0, 0.1) is 0 Å². The van der Waals surface area contributed by atoms with Crippen LogP contribution in [0.2, 0.25) is 0 Å². The average molecular weight is 277 g/mol. The number of fused-ring (bicyclic) bond motifs is 1. The zero-order valence-corrected chi connectivity index (χ0v) is 10.7. The first-order chi connectivity index (χ1) is 9.24. The summed E-state index contributed by atoms with van der Waals surface area (Å²) >= 11 is 1.63. The number of benzene rings is 1. The van der Waals surface area contributed by atoms with Crippen molar-refractivity contribution in [2.75, 3.05) is 0 Å². The van der Waals surface area contributed by atoms with Crippen LogP contribution in [0.1, 0.15) is 15.9 Å². The van der Waals surface area contributed by atoms with Gasteiger partial charge in [0.15, 0.2) is 0 Å². The molecule has 0 bridgehead atoms. The van der Waals surface area contributed by atoms with Crippen molar-refractivity contribution >= 4 is 25.2 Å². The van der Waals surface area contributed by atoms with Crippen molar-refractivity contribution < 1.29 is 20.1 Å². The van der Waals surface area contributed by atoms with Crippen LogP contribution in [0.25, 0.3) is 0 Å². The van der Waals surface area contributed by atoms with Crippen molar-refractivity contribution in [1.82, 2.24) is 10.9 Å². The smallest absolute Gasteiger partial charge is 0.384 e. The number of hydrogen-bond donors (Lipinski definition) is 4. The first kappa shape index (κ1) is 12.2. The zero-order chi connectivity index (χ0) is 13.2. The van der Waals surface area contributed by atoms with Crippen LogP contribution in [0.5, 0.6) is 5.75 Å². The van der Waals surface area contributed by atoms with Gasteiger partial charge in [0.1, 0.15) is 10.8 Å². The molecule has 1 radical (unpaired) electrons. The van der Waals surface area contributed by atoms with Crippen molar-refractivity contribution in [1.29, 1.82) is 0 Å². The Kier molecular flexibility index (Phi) is 3.26. The van der Waals surface area contributed by atoms with Crippen LogP contribution >= 0.6 is 11.8 Å². The molecule has 8 heteroatoms. The third-order valence-corrected chi connectivity index (χ3v) is 3.95. The molecule has 2 heterocycles. The van der Waals surface area contributed by atoms with E-state index in [0.29, 0.717) is 5.75 Å². The maximum absolute atomic E-state index is 11.1. The van der Waals surface area contributed by atoms with Crippen molar-refractivity contribution in [2.24, 2.45) is 0 Å². The lowest BCUT2D eigenvalue weighted by molar-refractivity contribution is -0.738. The van der Waals surface area contributed by atoms with Gasteiger partial charge in [0, 0.05) is 5.15 Å². The normalized spacial score (nSPS) is 20.2. The van der Waals surface area contributed by atoms with E-state index >= 15 is 0 Å². The molecule has 0 saturated heterocycles. The second-order valence-electron chi connectivity index (χ2n) is 4.18.